The van der Waals surface area contributed by atoms with Gasteiger partial charge in [-0.1, -0.05) is 12.1 Å². The number of carbonyl (C=O) groups is 1. The lowest BCUT2D eigenvalue weighted by molar-refractivity contribution is 0.0947. The summed E-state index contributed by atoms with van der Waals surface area (Å²) in [5.41, 5.74) is 6.10. The molecule has 1 aromatic carbocycles. The Morgan fingerprint density at radius 3 is 2.54 bits per heavy atom. The Morgan fingerprint density at radius 1 is 1.17 bits per heavy atom. The molecule has 0 spiro atoms. The summed E-state index contributed by atoms with van der Waals surface area (Å²) >= 11 is 6.41. The summed E-state index contributed by atoms with van der Waals surface area (Å²) in [7, 11) is 3.94. The summed E-state index contributed by atoms with van der Waals surface area (Å²) in [6, 6.07) is 9.72. The summed E-state index contributed by atoms with van der Waals surface area (Å²) in [4.78, 5) is 15.6. The average molecular weight is 366 g/mol. The van der Waals surface area contributed by atoms with E-state index in [0.29, 0.717) is 16.5 Å². The smallest absolute Gasteiger partial charge is 0.279 e. The number of nitrogens with one attached hydrogen (secondary N) is 3. The van der Waals surface area contributed by atoms with E-state index in [-0.39, 0.29) is 11.7 Å². The molecule has 1 heterocycles. The quantitative estimate of drug-likeness (QED) is 0.560. The Morgan fingerprint density at radius 2 is 1.88 bits per heavy atom. The number of hydrogen-bond acceptors (Lipinski definition) is 4. The van der Waals surface area contributed by atoms with E-state index < -0.39 is 0 Å². The fraction of sp³-hybridized carbons (Fsp3) is 0.250. The number of likely N-dealkylation sites (N-methyl/N-ethyl adjacent to an activating group) is 1. The zero-order chi connectivity index (χ0) is 17.5. The number of thiocarbonyl (C=S) groups is 1. The van der Waals surface area contributed by atoms with E-state index in [1.165, 1.54) is 23.5 Å². The van der Waals surface area contributed by atoms with Crippen molar-refractivity contribution in [2.75, 3.05) is 27.2 Å². The first kappa shape index (κ1) is 18.3. The van der Waals surface area contributed by atoms with Crippen molar-refractivity contribution in [1.29, 1.82) is 0 Å². The number of hydrogen-bond donors (Lipinski definition) is 3. The van der Waals surface area contributed by atoms with Crippen LogP contribution < -0.4 is 16.2 Å². The number of benzene rings is 1. The van der Waals surface area contributed by atoms with Gasteiger partial charge in [-0.15, -0.1) is 11.3 Å². The van der Waals surface area contributed by atoms with Crippen LogP contribution in [0.15, 0.2) is 36.4 Å². The number of halogens is 1. The number of nitrogens with zero attached hydrogens (tertiary/aromatic N) is 1. The Balaban J connectivity index is 1.85. The highest BCUT2D eigenvalue weighted by atomic mass is 32.1. The van der Waals surface area contributed by atoms with Crippen LogP contribution in [0.4, 0.5) is 4.39 Å². The number of hydrazine groups is 1. The molecule has 1 aromatic heterocycles. The molecule has 2 rings (SSSR count). The van der Waals surface area contributed by atoms with Gasteiger partial charge in [0.2, 0.25) is 0 Å². The van der Waals surface area contributed by atoms with Crippen LogP contribution in [0.25, 0.3) is 10.4 Å². The third-order valence-corrected chi connectivity index (χ3v) is 4.47. The summed E-state index contributed by atoms with van der Waals surface area (Å²) in [5.74, 6) is -0.558. The third kappa shape index (κ3) is 5.55. The van der Waals surface area contributed by atoms with Crippen LogP contribution in [-0.2, 0) is 0 Å². The van der Waals surface area contributed by atoms with E-state index in [4.69, 9.17) is 12.2 Å². The topological polar surface area (TPSA) is 56.4 Å². The Kier molecular flexibility index (Phi) is 6.65. The summed E-state index contributed by atoms with van der Waals surface area (Å²) in [6.45, 7) is 1.52. The van der Waals surface area contributed by atoms with Crippen molar-refractivity contribution in [3.63, 3.8) is 0 Å². The van der Waals surface area contributed by atoms with E-state index >= 15 is 0 Å². The molecule has 0 radical (unpaired) electrons. The molecule has 0 aliphatic carbocycles. The number of carbonyl (C=O) groups excluding carboxylic acids is 1. The van der Waals surface area contributed by atoms with Crippen molar-refractivity contribution >= 4 is 34.6 Å². The normalized spacial score (nSPS) is 10.5. The molecule has 0 saturated heterocycles. The first-order valence-corrected chi connectivity index (χ1v) is 8.53. The lowest BCUT2D eigenvalue weighted by Gasteiger charge is -2.13. The van der Waals surface area contributed by atoms with Crippen molar-refractivity contribution in [3.8, 4) is 10.4 Å². The molecule has 128 valence electrons. The molecule has 0 saturated carbocycles. The van der Waals surface area contributed by atoms with Gasteiger partial charge in [-0.2, -0.15) is 0 Å². The van der Waals surface area contributed by atoms with Gasteiger partial charge in [0.15, 0.2) is 5.11 Å². The minimum absolute atomic E-state index is 0.273. The van der Waals surface area contributed by atoms with Crippen LogP contribution in [0.1, 0.15) is 9.67 Å². The number of rotatable bonds is 5. The van der Waals surface area contributed by atoms with E-state index in [0.717, 1.165) is 17.0 Å². The van der Waals surface area contributed by atoms with Gasteiger partial charge in [-0.3, -0.25) is 15.6 Å². The first-order valence-electron chi connectivity index (χ1n) is 7.30. The van der Waals surface area contributed by atoms with Crippen LogP contribution >= 0.6 is 23.6 Å². The second-order valence-electron chi connectivity index (χ2n) is 5.31. The molecule has 3 N–H and O–H groups in total. The molecule has 5 nitrogen and oxygen atoms in total. The van der Waals surface area contributed by atoms with E-state index in [1.807, 2.05) is 25.1 Å². The van der Waals surface area contributed by atoms with Crippen molar-refractivity contribution in [2.24, 2.45) is 0 Å². The van der Waals surface area contributed by atoms with Gasteiger partial charge in [0.1, 0.15) is 5.82 Å². The summed E-state index contributed by atoms with van der Waals surface area (Å²) < 4.78 is 13.0. The van der Waals surface area contributed by atoms with E-state index in [2.05, 4.69) is 16.2 Å². The van der Waals surface area contributed by atoms with Crippen LogP contribution in [0.2, 0.25) is 0 Å². The minimum atomic E-state index is -0.284. The van der Waals surface area contributed by atoms with Crippen LogP contribution in [0, 0.1) is 5.82 Å². The second kappa shape index (κ2) is 8.72. The van der Waals surface area contributed by atoms with Gasteiger partial charge in [0, 0.05) is 18.0 Å². The van der Waals surface area contributed by atoms with Crippen LogP contribution in [0.5, 0.6) is 0 Å². The maximum absolute atomic E-state index is 13.0. The van der Waals surface area contributed by atoms with Crippen molar-refractivity contribution in [1.82, 2.24) is 21.1 Å². The molecule has 1 amide bonds. The highest BCUT2D eigenvalue weighted by Gasteiger charge is 2.10. The fourth-order valence-electron chi connectivity index (χ4n) is 1.84. The van der Waals surface area contributed by atoms with Gasteiger partial charge in [0.05, 0.1) is 4.88 Å². The van der Waals surface area contributed by atoms with Crippen LogP contribution in [0.3, 0.4) is 0 Å². The first-order chi connectivity index (χ1) is 11.5. The van der Waals surface area contributed by atoms with Crippen molar-refractivity contribution < 1.29 is 9.18 Å². The standard InChI is InChI=1S/C16H19FN4OS2/c1-21(2)10-9-18-16(23)20-19-15(22)14-8-7-13(24-14)11-3-5-12(17)6-4-11/h3-8H,9-10H2,1-2H3,(H,19,22)(H2,18,20,23). The van der Waals surface area contributed by atoms with Gasteiger partial charge >= 0.3 is 0 Å². The maximum Gasteiger partial charge on any atom is 0.279 e. The lowest BCUT2D eigenvalue weighted by atomic mass is 10.2. The van der Waals surface area contributed by atoms with Crippen molar-refractivity contribution in [2.45, 2.75) is 0 Å². The Labute approximate surface area is 149 Å². The molecular formula is C16H19FN4OS2. The largest absolute Gasteiger partial charge is 0.360 e. The molecule has 0 aliphatic rings. The molecule has 24 heavy (non-hydrogen) atoms. The van der Waals surface area contributed by atoms with Gasteiger partial charge in [0.25, 0.3) is 5.91 Å². The molecule has 0 atom stereocenters. The zero-order valence-corrected chi connectivity index (χ0v) is 15.1. The molecule has 0 fully saturated rings. The van der Waals surface area contributed by atoms with E-state index in [1.54, 1.807) is 18.2 Å². The lowest BCUT2D eigenvalue weighted by Crippen LogP contribution is -2.47. The highest BCUT2D eigenvalue weighted by molar-refractivity contribution is 7.80. The van der Waals surface area contributed by atoms with Gasteiger partial charge < -0.3 is 10.2 Å². The number of thiophene rings is 1. The molecule has 0 unspecified atom stereocenters. The van der Waals surface area contributed by atoms with E-state index in [9.17, 15) is 9.18 Å². The highest BCUT2D eigenvalue weighted by Crippen LogP contribution is 2.28. The number of amides is 1. The van der Waals surface area contributed by atoms with Crippen molar-refractivity contribution in [3.05, 3.63) is 47.1 Å². The molecule has 8 heteroatoms. The van der Waals surface area contributed by atoms with Gasteiger partial charge in [-0.25, -0.2) is 4.39 Å². The monoisotopic (exact) mass is 366 g/mol. The Hall–Kier alpha value is -2.03. The molecule has 2 aromatic rings. The minimum Gasteiger partial charge on any atom is -0.360 e. The molecule has 0 bridgehead atoms. The Bertz CT molecular complexity index is 700. The second-order valence-corrected chi connectivity index (χ2v) is 6.80. The third-order valence-electron chi connectivity index (χ3n) is 3.09. The van der Waals surface area contributed by atoms with Crippen LogP contribution in [-0.4, -0.2) is 43.1 Å². The molecule has 0 aliphatic heterocycles. The predicted octanol–water partition coefficient (Wildman–Crippen LogP) is 2.22. The fourth-order valence-corrected chi connectivity index (χ4v) is 2.90. The van der Waals surface area contributed by atoms with Gasteiger partial charge in [-0.05, 0) is 56.1 Å². The zero-order valence-electron chi connectivity index (χ0n) is 13.4. The average Bonchev–Trinajstić information content (AvgIpc) is 3.03. The maximum atomic E-state index is 13.0. The summed E-state index contributed by atoms with van der Waals surface area (Å²) in [5, 5.41) is 3.35. The molecular weight excluding hydrogens is 347 g/mol. The summed E-state index contributed by atoms with van der Waals surface area (Å²) in [6.07, 6.45) is 0. The SMILES string of the molecule is CN(C)CCNC(=S)NNC(=O)c1ccc(-c2ccc(F)cc2)s1. The predicted molar refractivity (Wildman–Crippen MR) is 99.5 cm³/mol.